The number of urea groups is 1. The molecule has 1 aliphatic rings. The average Bonchev–Trinajstić information content (AvgIpc) is 3.25. The molecule has 5 nitrogen and oxygen atoms in total. The number of hydrogen-bond donors (Lipinski definition) is 2. The number of imidazole rings is 1. The van der Waals surface area contributed by atoms with Crippen molar-refractivity contribution in [2.75, 3.05) is 5.32 Å². The molecule has 0 saturated carbocycles. The summed E-state index contributed by atoms with van der Waals surface area (Å²) >= 11 is 0. The van der Waals surface area contributed by atoms with Crippen molar-refractivity contribution in [2.24, 2.45) is 0 Å². The van der Waals surface area contributed by atoms with Crippen LogP contribution in [0.2, 0.25) is 0 Å². The summed E-state index contributed by atoms with van der Waals surface area (Å²) in [4.78, 5) is 16.6. The zero-order valence-corrected chi connectivity index (χ0v) is 14.2. The molecule has 6 heteroatoms. The van der Waals surface area contributed by atoms with Crippen molar-refractivity contribution in [1.29, 1.82) is 0 Å². The molecule has 0 bridgehead atoms. The summed E-state index contributed by atoms with van der Waals surface area (Å²) in [7, 11) is 0. The van der Waals surface area contributed by atoms with Crippen molar-refractivity contribution in [2.45, 2.75) is 25.9 Å². The molecule has 26 heavy (non-hydrogen) atoms. The Morgan fingerprint density at radius 2 is 2.04 bits per heavy atom. The van der Waals surface area contributed by atoms with Gasteiger partial charge in [0.2, 0.25) is 0 Å². The molecule has 0 aliphatic carbocycles. The predicted octanol–water partition coefficient (Wildman–Crippen LogP) is 3.96. The van der Waals surface area contributed by atoms with E-state index in [1.54, 1.807) is 12.1 Å². The van der Waals surface area contributed by atoms with E-state index in [4.69, 9.17) is 0 Å². The highest BCUT2D eigenvalue weighted by Crippen LogP contribution is 2.27. The van der Waals surface area contributed by atoms with E-state index in [-0.39, 0.29) is 11.8 Å². The van der Waals surface area contributed by atoms with Crippen molar-refractivity contribution < 1.29 is 9.18 Å². The average molecular weight is 350 g/mol. The number of nitrogens with one attached hydrogen (secondary N) is 2. The highest BCUT2D eigenvalue weighted by Gasteiger charge is 2.16. The standard InChI is InChI=1S/C20H19FN4O/c21-16-8-6-14(7-9-16)12-23-20(26)24-17-4-1-3-15(11-17)18-13-22-19-5-2-10-25(18)19/h1,3-4,6-9,11,13H,2,5,10,12H2,(H2,23,24,26). The largest absolute Gasteiger partial charge is 0.334 e. The second-order valence-corrected chi connectivity index (χ2v) is 6.33. The number of aromatic nitrogens is 2. The third kappa shape index (κ3) is 3.44. The van der Waals surface area contributed by atoms with Gasteiger partial charge in [-0.1, -0.05) is 24.3 Å². The molecule has 2 N–H and O–H groups in total. The molecule has 0 saturated heterocycles. The van der Waals surface area contributed by atoms with Crippen LogP contribution in [0.4, 0.5) is 14.9 Å². The number of aryl methyl sites for hydroxylation is 1. The Morgan fingerprint density at radius 1 is 1.19 bits per heavy atom. The van der Waals surface area contributed by atoms with Gasteiger partial charge in [-0.3, -0.25) is 0 Å². The van der Waals surface area contributed by atoms with Crippen LogP contribution in [-0.4, -0.2) is 15.6 Å². The summed E-state index contributed by atoms with van der Waals surface area (Å²) in [5.41, 5.74) is 3.66. The van der Waals surface area contributed by atoms with Crippen LogP contribution in [-0.2, 0) is 19.5 Å². The highest BCUT2D eigenvalue weighted by atomic mass is 19.1. The van der Waals surface area contributed by atoms with Crippen molar-refractivity contribution in [3.05, 3.63) is 71.9 Å². The molecule has 2 aromatic carbocycles. The van der Waals surface area contributed by atoms with Gasteiger partial charge in [-0.25, -0.2) is 14.2 Å². The van der Waals surface area contributed by atoms with Crippen LogP contribution in [0.5, 0.6) is 0 Å². The number of carbonyl (C=O) groups is 1. The lowest BCUT2D eigenvalue weighted by Gasteiger charge is -2.10. The topological polar surface area (TPSA) is 59.0 Å². The van der Waals surface area contributed by atoms with E-state index in [2.05, 4.69) is 20.2 Å². The van der Waals surface area contributed by atoms with Crippen LogP contribution < -0.4 is 10.6 Å². The second kappa shape index (κ2) is 7.00. The number of amides is 2. The van der Waals surface area contributed by atoms with Crippen LogP contribution in [0, 0.1) is 5.82 Å². The van der Waals surface area contributed by atoms with E-state index < -0.39 is 0 Å². The maximum absolute atomic E-state index is 12.9. The minimum atomic E-state index is -0.301. The lowest BCUT2D eigenvalue weighted by Crippen LogP contribution is -2.28. The molecular weight excluding hydrogens is 331 g/mol. The first-order chi connectivity index (χ1) is 12.7. The van der Waals surface area contributed by atoms with E-state index in [1.165, 1.54) is 12.1 Å². The fraction of sp³-hybridized carbons (Fsp3) is 0.200. The fourth-order valence-corrected chi connectivity index (χ4v) is 3.20. The zero-order chi connectivity index (χ0) is 17.9. The Bertz CT molecular complexity index is 933. The first kappa shape index (κ1) is 16.3. The van der Waals surface area contributed by atoms with E-state index in [9.17, 15) is 9.18 Å². The molecule has 1 aliphatic heterocycles. The summed E-state index contributed by atoms with van der Waals surface area (Å²) in [6.45, 7) is 1.32. The molecule has 2 amide bonds. The molecule has 0 atom stereocenters. The van der Waals surface area contributed by atoms with E-state index in [0.717, 1.165) is 42.0 Å². The van der Waals surface area contributed by atoms with Crippen LogP contribution in [0.15, 0.2) is 54.7 Å². The Hall–Kier alpha value is -3.15. The van der Waals surface area contributed by atoms with Crippen LogP contribution in [0.3, 0.4) is 0 Å². The number of anilines is 1. The zero-order valence-electron chi connectivity index (χ0n) is 14.2. The summed E-state index contributed by atoms with van der Waals surface area (Å²) in [5.74, 6) is 0.830. The molecule has 2 heterocycles. The summed E-state index contributed by atoms with van der Waals surface area (Å²) in [5, 5.41) is 5.61. The van der Waals surface area contributed by atoms with E-state index in [0.29, 0.717) is 12.2 Å². The van der Waals surface area contributed by atoms with Crippen LogP contribution >= 0.6 is 0 Å². The minimum Gasteiger partial charge on any atom is -0.334 e. The van der Waals surface area contributed by atoms with Gasteiger partial charge in [0.1, 0.15) is 11.6 Å². The van der Waals surface area contributed by atoms with Gasteiger partial charge >= 0.3 is 6.03 Å². The Labute approximate surface area is 150 Å². The first-order valence-electron chi connectivity index (χ1n) is 8.63. The lowest BCUT2D eigenvalue weighted by atomic mass is 10.1. The lowest BCUT2D eigenvalue weighted by molar-refractivity contribution is 0.251. The van der Waals surface area contributed by atoms with Crippen molar-refractivity contribution in [3.8, 4) is 11.3 Å². The molecule has 0 spiro atoms. The smallest absolute Gasteiger partial charge is 0.319 e. The summed E-state index contributed by atoms with van der Waals surface area (Å²) in [6.07, 6.45) is 4.03. The molecule has 0 radical (unpaired) electrons. The maximum atomic E-state index is 12.9. The van der Waals surface area contributed by atoms with Crippen molar-refractivity contribution in [1.82, 2.24) is 14.9 Å². The van der Waals surface area contributed by atoms with E-state index >= 15 is 0 Å². The number of hydrogen-bond acceptors (Lipinski definition) is 2. The van der Waals surface area contributed by atoms with Gasteiger partial charge in [0, 0.05) is 30.8 Å². The Kier molecular flexibility index (Phi) is 4.39. The molecule has 1 aromatic heterocycles. The second-order valence-electron chi connectivity index (χ2n) is 6.33. The maximum Gasteiger partial charge on any atom is 0.319 e. The monoisotopic (exact) mass is 350 g/mol. The van der Waals surface area contributed by atoms with Gasteiger partial charge in [-0.05, 0) is 36.2 Å². The Balaban J connectivity index is 1.42. The summed E-state index contributed by atoms with van der Waals surface area (Å²) < 4.78 is 15.1. The van der Waals surface area contributed by atoms with Crippen LogP contribution in [0.1, 0.15) is 17.8 Å². The number of rotatable bonds is 4. The van der Waals surface area contributed by atoms with Gasteiger partial charge in [0.15, 0.2) is 0 Å². The number of benzene rings is 2. The van der Waals surface area contributed by atoms with Gasteiger partial charge in [0.05, 0.1) is 11.9 Å². The number of nitrogens with zero attached hydrogens (tertiary/aromatic N) is 2. The molecule has 4 rings (SSSR count). The number of carbonyl (C=O) groups excluding carboxylic acids is 1. The van der Waals surface area contributed by atoms with Crippen LogP contribution in [0.25, 0.3) is 11.3 Å². The quantitative estimate of drug-likeness (QED) is 0.748. The SMILES string of the molecule is O=C(NCc1ccc(F)cc1)Nc1cccc(-c2cnc3n2CCC3)c1. The fourth-order valence-electron chi connectivity index (χ4n) is 3.20. The highest BCUT2D eigenvalue weighted by molar-refractivity contribution is 5.90. The van der Waals surface area contributed by atoms with Crippen molar-refractivity contribution in [3.63, 3.8) is 0 Å². The number of fused-ring (bicyclic) bond motifs is 1. The van der Waals surface area contributed by atoms with Gasteiger partial charge in [-0.15, -0.1) is 0 Å². The first-order valence-corrected chi connectivity index (χ1v) is 8.63. The van der Waals surface area contributed by atoms with Gasteiger partial charge in [-0.2, -0.15) is 0 Å². The normalized spacial score (nSPS) is 12.7. The predicted molar refractivity (Wildman–Crippen MR) is 98.2 cm³/mol. The molecular formula is C20H19FN4O. The molecule has 3 aromatic rings. The third-order valence-electron chi connectivity index (χ3n) is 4.50. The van der Waals surface area contributed by atoms with Crippen molar-refractivity contribution >= 4 is 11.7 Å². The molecule has 0 fully saturated rings. The minimum absolute atomic E-state index is 0.290. The Morgan fingerprint density at radius 3 is 2.88 bits per heavy atom. The van der Waals surface area contributed by atoms with Gasteiger partial charge < -0.3 is 15.2 Å². The van der Waals surface area contributed by atoms with E-state index in [1.807, 2.05) is 30.5 Å². The summed E-state index contributed by atoms with van der Waals surface area (Å²) in [6, 6.07) is 13.5. The van der Waals surface area contributed by atoms with Gasteiger partial charge in [0.25, 0.3) is 0 Å². The molecule has 132 valence electrons. The molecule has 0 unspecified atom stereocenters. The number of halogens is 1. The third-order valence-corrected chi connectivity index (χ3v) is 4.50.